The number of thioether (sulfide) groups is 1. The molecule has 1 aliphatic rings. The third kappa shape index (κ3) is 3.13. The molecule has 3 nitrogen and oxygen atoms in total. The SMILES string of the molecule is Oc1ccccc1C1=Nc2ccccc2SC(c2ccccc2O)C1. The molecule has 0 radical (unpaired) electrons. The van der Waals surface area contributed by atoms with Crippen LogP contribution in [0.5, 0.6) is 11.5 Å². The first-order valence-corrected chi connectivity index (χ1v) is 9.00. The molecule has 124 valence electrons. The second-order valence-electron chi connectivity index (χ2n) is 5.91. The van der Waals surface area contributed by atoms with Crippen LogP contribution in [0.4, 0.5) is 5.69 Å². The molecule has 1 unspecified atom stereocenters. The van der Waals surface area contributed by atoms with Crippen LogP contribution in [-0.4, -0.2) is 15.9 Å². The highest BCUT2D eigenvalue weighted by atomic mass is 32.2. The predicted molar refractivity (Wildman–Crippen MR) is 102 cm³/mol. The molecule has 1 aliphatic heterocycles. The summed E-state index contributed by atoms with van der Waals surface area (Å²) in [5, 5.41) is 20.6. The van der Waals surface area contributed by atoms with Gasteiger partial charge < -0.3 is 10.2 Å². The maximum Gasteiger partial charge on any atom is 0.124 e. The summed E-state index contributed by atoms with van der Waals surface area (Å²) in [6.07, 6.45) is 0.620. The minimum Gasteiger partial charge on any atom is -0.508 e. The van der Waals surface area contributed by atoms with E-state index in [1.165, 1.54) is 0 Å². The van der Waals surface area contributed by atoms with Crippen LogP contribution < -0.4 is 0 Å². The summed E-state index contributed by atoms with van der Waals surface area (Å²) in [7, 11) is 0. The largest absolute Gasteiger partial charge is 0.508 e. The molecule has 25 heavy (non-hydrogen) atoms. The number of fused-ring (bicyclic) bond motifs is 1. The summed E-state index contributed by atoms with van der Waals surface area (Å²) in [6, 6.07) is 22.7. The summed E-state index contributed by atoms with van der Waals surface area (Å²) in [5.41, 5.74) is 3.33. The van der Waals surface area contributed by atoms with Crippen LogP contribution >= 0.6 is 11.8 Å². The van der Waals surface area contributed by atoms with Crippen molar-refractivity contribution in [2.75, 3.05) is 0 Å². The van der Waals surface area contributed by atoms with Gasteiger partial charge in [-0.2, -0.15) is 0 Å². The lowest BCUT2D eigenvalue weighted by Gasteiger charge is -2.17. The van der Waals surface area contributed by atoms with Gasteiger partial charge in [0.25, 0.3) is 0 Å². The molecule has 0 bridgehead atoms. The standard InChI is InChI=1S/C21H17NO2S/c23-18-10-4-1-7-14(18)17-13-21(15-8-2-5-11-19(15)24)25-20-12-6-3-9-16(20)22-17/h1-12,21,23-24H,13H2. The van der Waals surface area contributed by atoms with Crippen LogP contribution in [0.15, 0.2) is 82.7 Å². The summed E-state index contributed by atoms with van der Waals surface area (Å²) in [6.45, 7) is 0. The first kappa shape index (κ1) is 15.8. The van der Waals surface area contributed by atoms with Crippen molar-refractivity contribution >= 4 is 23.2 Å². The molecule has 0 aliphatic carbocycles. The molecule has 3 aromatic rings. The van der Waals surface area contributed by atoms with Gasteiger partial charge in [0.05, 0.1) is 11.4 Å². The second kappa shape index (κ2) is 6.65. The van der Waals surface area contributed by atoms with E-state index in [2.05, 4.69) is 0 Å². The minimum absolute atomic E-state index is 0.0169. The zero-order valence-electron chi connectivity index (χ0n) is 13.5. The average molecular weight is 347 g/mol. The lowest BCUT2D eigenvalue weighted by molar-refractivity contribution is 0.468. The first-order valence-electron chi connectivity index (χ1n) is 8.12. The molecule has 2 N–H and O–H groups in total. The van der Waals surface area contributed by atoms with Gasteiger partial charge in [0.1, 0.15) is 11.5 Å². The van der Waals surface area contributed by atoms with Crippen LogP contribution in [-0.2, 0) is 0 Å². The quantitative estimate of drug-likeness (QED) is 0.647. The van der Waals surface area contributed by atoms with Crippen LogP contribution in [0.3, 0.4) is 0 Å². The summed E-state index contributed by atoms with van der Waals surface area (Å²) in [4.78, 5) is 5.90. The third-order valence-corrected chi connectivity index (χ3v) is 5.57. The van der Waals surface area contributed by atoms with Crippen molar-refractivity contribution in [3.63, 3.8) is 0 Å². The van der Waals surface area contributed by atoms with Crippen molar-refractivity contribution in [1.82, 2.24) is 0 Å². The number of benzene rings is 3. The molecular formula is C21H17NO2S. The van der Waals surface area contributed by atoms with Gasteiger partial charge in [-0.25, -0.2) is 0 Å². The highest BCUT2D eigenvalue weighted by molar-refractivity contribution is 7.99. The Bertz CT molecular complexity index is 952. The normalized spacial score (nSPS) is 16.6. The first-order chi connectivity index (χ1) is 12.2. The monoisotopic (exact) mass is 347 g/mol. The molecular weight excluding hydrogens is 330 g/mol. The number of phenolic OH excluding ortho intramolecular Hbond substituents is 2. The van der Waals surface area contributed by atoms with Gasteiger partial charge in [-0.05, 0) is 30.3 Å². The summed E-state index contributed by atoms with van der Waals surface area (Å²) >= 11 is 1.69. The van der Waals surface area contributed by atoms with Gasteiger partial charge in [0.2, 0.25) is 0 Å². The highest BCUT2D eigenvalue weighted by Crippen LogP contribution is 2.47. The smallest absolute Gasteiger partial charge is 0.124 e. The van der Waals surface area contributed by atoms with E-state index in [0.29, 0.717) is 6.42 Å². The van der Waals surface area contributed by atoms with Crippen molar-refractivity contribution in [3.8, 4) is 11.5 Å². The van der Waals surface area contributed by atoms with Crippen molar-refractivity contribution in [3.05, 3.63) is 83.9 Å². The van der Waals surface area contributed by atoms with Crippen LogP contribution in [0.25, 0.3) is 0 Å². The average Bonchev–Trinajstić information content (AvgIpc) is 2.82. The number of aliphatic imine (C=N–C) groups is 1. The Morgan fingerprint density at radius 3 is 2.28 bits per heavy atom. The number of para-hydroxylation sites is 3. The van der Waals surface area contributed by atoms with E-state index in [-0.39, 0.29) is 16.7 Å². The van der Waals surface area contributed by atoms with E-state index in [1.54, 1.807) is 30.0 Å². The molecule has 1 atom stereocenters. The van der Waals surface area contributed by atoms with Crippen LogP contribution in [0, 0.1) is 0 Å². The summed E-state index contributed by atoms with van der Waals surface area (Å²) < 4.78 is 0. The molecule has 4 rings (SSSR count). The molecule has 3 aromatic carbocycles. The molecule has 0 spiro atoms. The van der Waals surface area contributed by atoms with Crippen molar-refractivity contribution in [2.24, 2.45) is 4.99 Å². The van der Waals surface area contributed by atoms with Gasteiger partial charge in [-0.1, -0.05) is 42.5 Å². The topological polar surface area (TPSA) is 52.8 Å². The zero-order chi connectivity index (χ0) is 17.2. The number of phenols is 2. The van der Waals surface area contributed by atoms with Crippen molar-refractivity contribution < 1.29 is 10.2 Å². The maximum atomic E-state index is 10.3. The molecule has 0 amide bonds. The Morgan fingerprint density at radius 2 is 1.48 bits per heavy atom. The number of nitrogens with zero attached hydrogens (tertiary/aromatic N) is 1. The Labute approximate surface area is 150 Å². The Morgan fingerprint density at radius 1 is 0.800 bits per heavy atom. The van der Waals surface area contributed by atoms with E-state index < -0.39 is 0 Å². The third-order valence-electron chi connectivity index (χ3n) is 4.27. The van der Waals surface area contributed by atoms with Gasteiger partial charge in [-0.15, -0.1) is 11.8 Å². The van der Waals surface area contributed by atoms with Gasteiger partial charge in [0, 0.05) is 27.7 Å². The van der Waals surface area contributed by atoms with E-state index in [1.807, 2.05) is 54.6 Å². The van der Waals surface area contributed by atoms with E-state index in [9.17, 15) is 10.2 Å². The molecule has 0 saturated carbocycles. The minimum atomic E-state index is 0.0169. The highest BCUT2D eigenvalue weighted by Gasteiger charge is 2.25. The summed E-state index contributed by atoms with van der Waals surface area (Å²) in [5.74, 6) is 0.512. The number of hydrogen-bond acceptors (Lipinski definition) is 4. The zero-order valence-corrected chi connectivity index (χ0v) is 14.3. The fourth-order valence-electron chi connectivity index (χ4n) is 3.03. The molecule has 0 saturated heterocycles. The fraction of sp³-hybridized carbons (Fsp3) is 0.0952. The molecule has 0 fully saturated rings. The van der Waals surface area contributed by atoms with Crippen molar-refractivity contribution in [2.45, 2.75) is 16.6 Å². The number of aromatic hydroxyl groups is 2. The molecule has 0 aromatic heterocycles. The van der Waals surface area contributed by atoms with Gasteiger partial charge in [0.15, 0.2) is 0 Å². The van der Waals surface area contributed by atoms with E-state index in [0.717, 1.165) is 27.4 Å². The predicted octanol–water partition coefficient (Wildman–Crippen LogP) is 5.46. The number of rotatable bonds is 2. The second-order valence-corrected chi connectivity index (χ2v) is 7.16. The Hall–Kier alpha value is -2.72. The van der Waals surface area contributed by atoms with Crippen LogP contribution in [0.1, 0.15) is 22.8 Å². The van der Waals surface area contributed by atoms with Crippen molar-refractivity contribution in [1.29, 1.82) is 0 Å². The fourth-order valence-corrected chi connectivity index (χ4v) is 4.30. The van der Waals surface area contributed by atoms with E-state index in [4.69, 9.17) is 4.99 Å². The van der Waals surface area contributed by atoms with Crippen LogP contribution in [0.2, 0.25) is 0 Å². The molecule has 4 heteroatoms. The lowest BCUT2D eigenvalue weighted by Crippen LogP contribution is -2.06. The molecule has 1 heterocycles. The Balaban J connectivity index is 1.85. The maximum absolute atomic E-state index is 10.3. The van der Waals surface area contributed by atoms with Gasteiger partial charge in [-0.3, -0.25) is 4.99 Å². The van der Waals surface area contributed by atoms with Gasteiger partial charge >= 0.3 is 0 Å². The number of hydrogen-bond donors (Lipinski definition) is 2. The lowest BCUT2D eigenvalue weighted by atomic mass is 10.00. The van der Waals surface area contributed by atoms with E-state index >= 15 is 0 Å². The Kier molecular flexibility index (Phi) is 4.20.